The monoisotopic (exact) mass is 753 g/mol. The van der Waals surface area contributed by atoms with Crippen molar-refractivity contribution >= 4 is 17.1 Å². The molecule has 1 nitrogen and oxygen atoms in total. The lowest BCUT2D eigenvalue weighted by atomic mass is 9.63. The van der Waals surface area contributed by atoms with Gasteiger partial charge in [-0.1, -0.05) is 202 Å². The number of hydrogen-bond acceptors (Lipinski definition) is 1. The number of fused-ring (bicyclic) bond motifs is 8. The highest BCUT2D eigenvalue weighted by molar-refractivity contribution is 5.93. The molecule has 0 saturated carbocycles. The summed E-state index contributed by atoms with van der Waals surface area (Å²) in [4.78, 5) is 2.43. The smallest absolute Gasteiger partial charge is 0.0713 e. The van der Waals surface area contributed by atoms with Gasteiger partial charge in [0.2, 0.25) is 0 Å². The minimum absolute atomic E-state index is 0.117. The molecular formula is C58H43N. The molecule has 0 spiro atoms. The van der Waals surface area contributed by atoms with Gasteiger partial charge < -0.3 is 4.90 Å². The fraction of sp³-hybridized carbons (Fsp3) is 0.0690. The van der Waals surface area contributed by atoms with Crippen LogP contribution in [0.2, 0.25) is 0 Å². The van der Waals surface area contributed by atoms with E-state index in [0.717, 1.165) is 17.1 Å². The molecule has 11 rings (SSSR count). The summed E-state index contributed by atoms with van der Waals surface area (Å²) < 4.78 is 0. The Morgan fingerprint density at radius 3 is 1.25 bits per heavy atom. The molecule has 59 heavy (non-hydrogen) atoms. The van der Waals surface area contributed by atoms with Crippen molar-refractivity contribution in [3.8, 4) is 44.5 Å². The van der Waals surface area contributed by atoms with Gasteiger partial charge >= 0.3 is 0 Å². The highest BCUT2D eigenvalue weighted by Crippen LogP contribution is 2.56. The lowest BCUT2D eigenvalue weighted by molar-refractivity contribution is 0.660. The Kier molecular flexibility index (Phi) is 8.13. The summed E-state index contributed by atoms with van der Waals surface area (Å²) in [6, 6.07) is 83.1. The average Bonchev–Trinajstić information content (AvgIpc) is 3.46. The van der Waals surface area contributed by atoms with Gasteiger partial charge in [-0.25, -0.2) is 0 Å². The zero-order valence-corrected chi connectivity index (χ0v) is 33.3. The van der Waals surface area contributed by atoms with Crippen molar-refractivity contribution in [2.45, 2.75) is 24.7 Å². The van der Waals surface area contributed by atoms with Crippen LogP contribution in [0.4, 0.5) is 17.1 Å². The normalized spacial score (nSPS) is 13.9. The maximum absolute atomic E-state index is 2.43. The van der Waals surface area contributed by atoms with Crippen LogP contribution in [0.3, 0.4) is 0 Å². The van der Waals surface area contributed by atoms with E-state index in [4.69, 9.17) is 0 Å². The number of hydrogen-bond donors (Lipinski definition) is 0. The summed E-state index contributed by atoms with van der Waals surface area (Å²) in [7, 11) is 0. The molecule has 0 saturated heterocycles. The molecule has 0 aromatic heterocycles. The van der Waals surface area contributed by atoms with Crippen LogP contribution < -0.4 is 4.90 Å². The van der Waals surface area contributed by atoms with Gasteiger partial charge in [-0.3, -0.25) is 0 Å². The third kappa shape index (κ3) is 5.39. The van der Waals surface area contributed by atoms with Gasteiger partial charge in [0.05, 0.1) is 5.41 Å². The predicted octanol–water partition coefficient (Wildman–Crippen LogP) is 15.2. The SMILES string of the molecule is CC1(C)c2ccccc2-c2ccc(N(c3ccc(-c4ccccc4)cc3)c3ccc(C4(c5ccccc5)c5ccccc5-c5ccccc5-c5ccccc54)cc3)cc21. The van der Waals surface area contributed by atoms with Gasteiger partial charge in [-0.2, -0.15) is 0 Å². The van der Waals surface area contributed by atoms with Gasteiger partial charge in [0.1, 0.15) is 0 Å². The molecule has 2 aliphatic rings. The first kappa shape index (κ1) is 35.0. The standard InChI is InChI=1S/C58H43N/c1-57(2)53-26-14-11-25-51(53)52-38-37-46(39-56(52)57)59(44-33-29-41(30-34-44)40-17-5-3-6-18-40)45-35-31-43(32-36-45)58(42-19-7-4-8-20-42)54-27-15-12-23-49(54)47-21-9-10-22-48(47)50-24-13-16-28-55(50)58/h3-39H,1-2H3. The highest BCUT2D eigenvalue weighted by atomic mass is 15.1. The molecule has 0 atom stereocenters. The first-order valence-corrected chi connectivity index (χ1v) is 20.7. The van der Waals surface area contributed by atoms with Crippen molar-refractivity contribution in [3.63, 3.8) is 0 Å². The molecular weight excluding hydrogens is 711 g/mol. The molecule has 0 heterocycles. The van der Waals surface area contributed by atoms with Crippen molar-refractivity contribution < 1.29 is 0 Å². The Balaban J connectivity index is 1.12. The lowest BCUT2D eigenvalue weighted by Crippen LogP contribution is -2.31. The van der Waals surface area contributed by atoms with E-state index in [0.29, 0.717) is 0 Å². The zero-order valence-electron chi connectivity index (χ0n) is 33.3. The second kappa shape index (κ2) is 13.7. The number of rotatable bonds is 6. The Bertz CT molecular complexity index is 2930. The summed E-state index contributed by atoms with van der Waals surface area (Å²) in [5.41, 5.74) is 20.5. The quantitative estimate of drug-likeness (QED) is 0.163. The van der Waals surface area contributed by atoms with Crippen LogP contribution >= 0.6 is 0 Å². The van der Waals surface area contributed by atoms with Gasteiger partial charge in [0.25, 0.3) is 0 Å². The minimum Gasteiger partial charge on any atom is -0.310 e. The third-order valence-corrected chi connectivity index (χ3v) is 13.0. The Morgan fingerprint density at radius 1 is 0.288 bits per heavy atom. The van der Waals surface area contributed by atoms with Crippen molar-refractivity contribution in [3.05, 3.63) is 258 Å². The van der Waals surface area contributed by atoms with Crippen LogP contribution in [0.5, 0.6) is 0 Å². The Morgan fingerprint density at radius 2 is 0.678 bits per heavy atom. The van der Waals surface area contributed by atoms with Crippen molar-refractivity contribution in [2.24, 2.45) is 0 Å². The maximum atomic E-state index is 2.43. The largest absolute Gasteiger partial charge is 0.310 e. The van der Waals surface area contributed by atoms with Crippen LogP contribution in [-0.2, 0) is 10.8 Å². The van der Waals surface area contributed by atoms with Crippen LogP contribution in [0.15, 0.2) is 224 Å². The summed E-state index contributed by atoms with van der Waals surface area (Å²) >= 11 is 0. The maximum Gasteiger partial charge on any atom is 0.0713 e. The average molecular weight is 754 g/mol. The van der Waals surface area contributed by atoms with Crippen molar-refractivity contribution in [1.29, 1.82) is 0 Å². The molecule has 0 unspecified atom stereocenters. The summed E-state index contributed by atoms with van der Waals surface area (Å²) in [5, 5.41) is 0. The molecule has 0 N–H and O–H groups in total. The van der Waals surface area contributed by atoms with Crippen molar-refractivity contribution in [2.75, 3.05) is 4.90 Å². The molecule has 2 aliphatic carbocycles. The first-order valence-electron chi connectivity index (χ1n) is 20.7. The fourth-order valence-corrected chi connectivity index (χ4v) is 10.2. The van der Waals surface area contributed by atoms with E-state index >= 15 is 0 Å². The van der Waals surface area contributed by atoms with Crippen LogP contribution in [-0.4, -0.2) is 0 Å². The molecule has 0 radical (unpaired) electrons. The van der Waals surface area contributed by atoms with Gasteiger partial charge in [-0.05, 0) is 114 Å². The minimum atomic E-state index is -0.586. The Labute approximate surface area is 347 Å². The Hall–Kier alpha value is -7.22. The zero-order chi connectivity index (χ0) is 39.6. The molecule has 9 aromatic rings. The second-order valence-electron chi connectivity index (χ2n) is 16.4. The van der Waals surface area contributed by atoms with Gasteiger partial charge in [0, 0.05) is 22.5 Å². The van der Waals surface area contributed by atoms with Crippen LogP contribution in [0.1, 0.15) is 47.2 Å². The summed E-state index contributed by atoms with van der Waals surface area (Å²) in [5.74, 6) is 0. The van der Waals surface area contributed by atoms with Crippen molar-refractivity contribution in [1.82, 2.24) is 0 Å². The predicted molar refractivity (Wildman–Crippen MR) is 247 cm³/mol. The molecule has 0 aliphatic heterocycles. The molecule has 1 heteroatoms. The first-order chi connectivity index (χ1) is 29.0. The van der Waals surface area contributed by atoms with E-state index in [-0.39, 0.29) is 5.41 Å². The molecule has 280 valence electrons. The van der Waals surface area contributed by atoms with E-state index in [1.165, 1.54) is 77.9 Å². The van der Waals surface area contributed by atoms with E-state index in [9.17, 15) is 0 Å². The van der Waals surface area contributed by atoms with E-state index in [1.54, 1.807) is 0 Å². The van der Waals surface area contributed by atoms with Crippen LogP contribution in [0, 0.1) is 0 Å². The summed E-state index contributed by atoms with van der Waals surface area (Å²) in [6.07, 6.45) is 0. The van der Waals surface area contributed by atoms with E-state index in [2.05, 4.69) is 243 Å². The van der Waals surface area contributed by atoms with E-state index in [1.807, 2.05) is 0 Å². The fourth-order valence-electron chi connectivity index (χ4n) is 10.2. The third-order valence-electron chi connectivity index (χ3n) is 13.0. The van der Waals surface area contributed by atoms with Crippen LogP contribution in [0.25, 0.3) is 44.5 Å². The summed E-state index contributed by atoms with van der Waals surface area (Å²) in [6.45, 7) is 4.72. The second-order valence-corrected chi connectivity index (χ2v) is 16.4. The highest BCUT2D eigenvalue weighted by Gasteiger charge is 2.44. The number of nitrogens with zero attached hydrogens (tertiary/aromatic N) is 1. The van der Waals surface area contributed by atoms with Gasteiger partial charge in [0.15, 0.2) is 0 Å². The van der Waals surface area contributed by atoms with E-state index < -0.39 is 5.41 Å². The number of benzene rings is 9. The molecule has 9 aromatic carbocycles. The molecule has 0 bridgehead atoms. The van der Waals surface area contributed by atoms with Gasteiger partial charge in [-0.15, -0.1) is 0 Å². The molecule has 0 amide bonds. The number of anilines is 3. The molecule has 0 fully saturated rings. The lowest BCUT2D eigenvalue weighted by Gasteiger charge is -2.38. The topological polar surface area (TPSA) is 3.24 Å².